The molecule has 0 unspecified atom stereocenters. The van der Waals surface area contributed by atoms with Crippen molar-refractivity contribution in [3.63, 3.8) is 0 Å². The number of aromatic nitrogens is 1. The van der Waals surface area contributed by atoms with Gasteiger partial charge in [-0.2, -0.15) is 0 Å². The molecule has 1 aliphatic rings. The number of benzene rings is 2. The molecule has 0 bridgehead atoms. The molecule has 0 aliphatic carbocycles. The van der Waals surface area contributed by atoms with Gasteiger partial charge in [0.25, 0.3) is 0 Å². The van der Waals surface area contributed by atoms with Gasteiger partial charge < -0.3 is 18.9 Å². The normalized spacial score (nSPS) is 15.1. The van der Waals surface area contributed by atoms with Crippen molar-refractivity contribution in [2.45, 2.75) is 19.3 Å². The summed E-state index contributed by atoms with van der Waals surface area (Å²) in [6.45, 7) is 0.387. The summed E-state index contributed by atoms with van der Waals surface area (Å²) in [6.07, 6.45) is -0.810. The second-order valence-electron chi connectivity index (χ2n) is 5.95. The van der Waals surface area contributed by atoms with Crippen molar-refractivity contribution in [2.24, 2.45) is 0 Å². The first-order valence-corrected chi connectivity index (χ1v) is 9.42. The number of halogens is 1. The largest absolute Gasteiger partial charge is 0.486 e. The predicted molar refractivity (Wildman–Crippen MR) is 99.0 cm³/mol. The van der Waals surface area contributed by atoms with Gasteiger partial charge in [0.2, 0.25) is 6.10 Å². The summed E-state index contributed by atoms with van der Waals surface area (Å²) in [5.41, 5.74) is 0.619. The summed E-state index contributed by atoms with van der Waals surface area (Å²) in [7, 11) is 0. The Balaban J connectivity index is 1.26. The number of ether oxygens (including phenoxy) is 4. The molecule has 0 saturated heterocycles. The summed E-state index contributed by atoms with van der Waals surface area (Å²) in [4.78, 5) is 16.6. The Kier molecular flexibility index (Phi) is 5.38. The lowest BCUT2D eigenvalue weighted by Gasteiger charge is -2.24. The highest BCUT2D eigenvalue weighted by molar-refractivity contribution is 7.09. The van der Waals surface area contributed by atoms with E-state index in [1.807, 2.05) is 6.07 Å². The number of hydrogen-bond donors (Lipinski definition) is 0. The first kappa shape index (κ1) is 18.2. The van der Waals surface area contributed by atoms with Crippen molar-refractivity contribution >= 4 is 17.3 Å². The third kappa shape index (κ3) is 4.40. The van der Waals surface area contributed by atoms with Crippen molar-refractivity contribution in [1.82, 2.24) is 4.98 Å². The zero-order chi connectivity index (χ0) is 19.3. The molecule has 4 rings (SSSR count). The van der Waals surface area contributed by atoms with E-state index in [1.165, 1.54) is 23.5 Å². The van der Waals surface area contributed by atoms with Crippen LogP contribution in [-0.2, 0) is 22.7 Å². The highest BCUT2D eigenvalue weighted by atomic mass is 32.1. The van der Waals surface area contributed by atoms with Gasteiger partial charge in [0.15, 0.2) is 11.5 Å². The maximum Gasteiger partial charge on any atom is 0.351 e. The van der Waals surface area contributed by atoms with Gasteiger partial charge in [0.05, 0.1) is 5.69 Å². The van der Waals surface area contributed by atoms with E-state index in [4.69, 9.17) is 18.9 Å². The monoisotopic (exact) mass is 401 g/mol. The summed E-state index contributed by atoms with van der Waals surface area (Å²) < 4.78 is 34.9. The second-order valence-corrected chi connectivity index (χ2v) is 6.89. The maximum atomic E-state index is 12.9. The zero-order valence-electron chi connectivity index (χ0n) is 14.7. The van der Waals surface area contributed by atoms with Crippen LogP contribution in [0.25, 0.3) is 0 Å². The maximum absolute atomic E-state index is 12.9. The van der Waals surface area contributed by atoms with Gasteiger partial charge in [-0.3, -0.25) is 0 Å². The standard InChI is InChI=1S/C20H16FNO5S/c21-13-5-7-15(8-6-13)24-11-19-22-14(12-28-19)9-26-20(23)18-10-25-16-3-1-2-4-17(16)27-18/h1-8,12,18H,9-11H2/t18-/m1/s1. The van der Waals surface area contributed by atoms with Gasteiger partial charge in [-0.25, -0.2) is 14.2 Å². The average Bonchev–Trinajstić information content (AvgIpc) is 3.19. The Morgan fingerprint density at radius 2 is 1.93 bits per heavy atom. The Bertz CT molecular complexity index is 959. The van der Waals surface area contributed by atoms with E-state index in [9.17, 15) is 9.18 Å². The third-order valence-corrected chi connectivity index (χ3v) is 4.78. The minimum atomic E-state index is -0.810. The van der Waals surface area contributed by atoms with Crippen LogP contribution in [0, 0.1) is 5.82 Å². The topological polar surface area (TPSA) is 66.9 Å². The molecule has 0 radical (unpaired) electrons. The van der Waals surface area contributed by atoms with Gasteiger partial charge in [-0.15, -0.1) is 11.3 Å². The molecule has 3 aromatic rings. The van der Waals surface area contributed by atoms with Crippen molar-refractivity contribution in [1.29, 1.82) is 0 Å². The first-order valence-electron chi connectivity index (χ1n) is 8.54. The van der Waals surface area contributed by atoms with E-state index < -0.39 is 12.1 Å². The minimum absolute atomic E-state index is 0.0351. The molecule has 0 amide bonds. The van der Waals surface area contributed by atoms with Crippen molar-refractivity contribution in [3.05, 3.63) is 70.4 Å². The molecular formula is C20H16FNO5S. The number of rotatable bonds is 6. The molecule has 0 fully saturated rings. The quantitative estimate of drug-likeness (QED) is 0.586. The predicted octanol–water partition coefficient (Wildman–Crippen LogP) is 3.74. The lowest BCUT2D eigenvalue weighted by molar-refractivity contribution is -0.156. The molecule has 0 N–H and O–H groups in total. The SMILES string of the molecule is O=C(OCc1csc(COc2ccc(F)cc2)n1)[C@H]1COc2ccccc2O1. The Hall–Kier alpha value is -3.13. The van der Waals surface area contributed by atoms with Crippen LogP contribution >= 0.6 is 11.3 Å². The summed E-state index contributed by atoms with van der Waals surface area (Å²) >= 11 is 1.39. The number of esters is 1. The van der Waals surface area contributed by atoms with Gasteiger partial charge >= 0.3 is 5.97 Å². The molecule has 6 nitrogen and oxygen atoms in total. The van der Waals surface area contributed by atoms with E-state index in [2.05, 4.69) is 4.98 Å². The van der Waals surface area contributed by atoms with Crippen LogP contribution in [-0.4, -0.2) is 23.7 Å². The second kappa shape index (κ2) is 8.26. The highest BCUT2D eigenvalue weighted by Gasteiger charge is 2.28. The fraction of sp³-hybridized carbons (Fsp3) is 0.200. The Labute approximate surface area is 164 Å². The van der Waals surface area contributed by atoms with Crippen LogP contribution in [0.15, 0.2) is 53.9 Å². The molecule has 2 heterocycles. The van der Waals surface area contributed by atoms with Crippen LogP contribution in [0.2, 0.25) is 0 Å². The number of hydrogen-bond acceptors (Lipinski definition) is 7. The third-order valence-electron chi connectivity index (χ3n) is 3.91. The number of fused-ring (bicyclic) bond motifs is 1. The van der Waals surface area contributed by atoms with Crippen molar-refractivity contribution in [2.75, 3.05) is 6.61 Å². The average molecular weight is 401 g/mol. The van der Waals surface area contributed by atoms with E-state index in [1.54, 1.807) is 35.7 Å². The van der Waals surface area contributed by atoms with E-state index >= 15 is 0 Å². The molecule has 1 aliphatic heterocycles. The molecule has 1 aromatic heterocycles. The van der Waals surface area contributed by atoms with Crippen LogP contribution < -0.4 is 14.2 Å². The van der Waals surface area contributed by atoms with Gasteiger partial charge in [-0.05, 0) is 36.4 Å². The molecule has 2 aromatic carbocycles. The molecule has 0 saturated carbocycles. The number of carbonyl (C=O) groups is 1. The first-order chi connectivity index (χ1) is 13.7. The number of nitrogens with zero attached hydrogens (tertiary/aromatic N) is 1. The van der Waals surface area contributed by atoms with E-state index in [0.717, 1.165) is 5.01 Å². The number of carbonyl (C=O) groups excluding carboxylic acids is 1. The Morgan fingerprint density at radius 3 is 2.75 bits per heavy atom. The Morgan fingerprint density at radius 1 is 1.14 bits per heavy atom. The van der Waals surface area contributed by atoms with Crippen LogP contribution in [0.1, 0.15) is 10.7 Å². The van der Waals surface area contributed by atoms with Gasteiger partial charge in [0, 0.05) is 5.38 Å². The molecular weight excluding hydrogens is 385 g/mol. The van der Waals surface area contributed by atoms with Crippen molar-refractivity contribution in [3.8, 4) is 17.2 Å². The van der Waals surface area contributed by atoms with Crippen LogP contribution in [0.3, 0.4) is 0 Å². The van der Waals surface area contributed by atoms with E-state index in [0.29, 0.717) is 22.9 Å². The summed E-state index contributed by atoms with van der Waals surface area (Å²) in [6, 6.07) is 12.9. The zero-order valence-corrected chi connectivity index (χ0v) is 15.5. The molecule has 0 spiro atoms. The lowest BCUT2D eigenvalue weighted by Crippen LogP contribution is -2.37. The van der Waals surface area contributed by atoms with Crippen LogP contribution in [0.5, 0.6) is 17.2 Å². The van der Waals surface area contributed by atoms with Crippen LogP contribution in [0.4, 0.5) is 4.39 Å². The van der Waals surface area contributed by atoms with Gasteiger partial charge in [0.1, 0.15) is 36.4 Å². The number of thiazole rings is 1. The summed E-state index contributed by atoms with van der Waals surface area (Å²) in [5.74, 6) is 0.855. The fourth-order valence-corrected chi connectivity index (χ4v) is 3.22. The fourth-order valence-electron chi connectivity index (χ4n) is 2.53. The minimum Gasteiger partial charge on any atom is -0.486 e. The smallest absolute Gasteiger partial charge is 0.351 e. The van der Waals surface area contributed by atoms with Crippen molar-refractivity contribution < 1.29 is 28.1 Å². The molecule has 8 heteroatoms. The molecule has 1 atom stereocenters. The van der Waals surface area contributed by atoms with E-state index in [-0.39, 0.29) is 25.6 Å². The summed E-state index contributed by atoms with van der Waals surface area (Å²) in [5, 5.41) is 2.52. The molecule has 144 valence electrons. The van der Waals surface area contributed by atoms with Gasteiger partial charge in [-0.1, -0.05) is 12.1 Å². The number of para-hydroxylation sites is 2. The molecule has 28 heavy (non-hydrogen) atoms. The lowest BCUT2D eigenvalue weighted by atomic mass is 10.2. The highest BCUT2D eigenvalue weighted by Crippen LogP contribution is 2.31.